The van der Waals surface area contributed by atoms with Crippen LogP contribution in [0.1, 0.15) is 77.6 Å². The van der Waals surface area contributed by atoms with Gasteiger partial charge in [-0.2, -0.15) is 0 Å². The van der Waals surface area contributed by atoms with Crippen LogP contribution in [-0.2, 0) is 30.3 Å². The molecule has 11 nitrogen and oxygen atoms in total. The van der Waals surface area contributed by atoms with Crippen molar-refractivity contribution in [2.45, 2.75) is 97.6 Å². The quantitative estimate of drug-likeness (QED) is 0.263. The van der Waals surface area contributed by atoms with Crippen molar-refractivity contribution in [3.8, 4) is 5.75 Å². The third-order valence-electron chi connectivity index (χ3n) is 6.33. The Morgan fingerprint density at radius 2 is 1.48 bits per heavy atom. The maximum Gasteiger partial charge on any atom is 0.408 e. The summed E-state index contributed by atoms with van der Waals surface area (Å²) >= 11 is 0. The van der Waals surface area contributed by atoms with Gasteiger partial charge in [-0.1, -0.05) is 55.5 Å². The first kappa shape index (κ1) is 36.1. The number of alkyl carbamates (subject to hydrolysis) is 1. The number of nitrogens with one attached hydrogen (secondary N) is 2. The Morgan fingerprint density at radius 3 is 2.02 bits per heavy atom. The first-order valence-corrected chi connectivity index (χ1v) is 14.7. The summed E-state index contributed by atoms with van der Waals surface area (Å²) in [6.07, 6.45) is -0.421. The van der Waals surface area contributed by atoms with E-state index in [0.29, 0.717) is 12.0 Å². The van der Waals surface area contributed by atoms with Gasteiger partial charge in [-0.3, -0.25) is 9.59 Å². The second-order valence-electron chi connectivity index (χ2n) is 12.6. The lowest BCUT2D eigenvalue weighted by atomic mass is 9.98. The Hall–Kier alpha value is -4.12. The SMILES string of the molecule is CCCN(C(=O)C(CO)NC(=O)OC(C)(C)C)C(C(=O)NC(Cc1ccccc1)C(=O)OC(C)(C)C)c1cccc(C)c1O. The summed E-state index contributed by atoms with van der Waals surface area (Å²) in [5.41, 5.74) is -0.358. The van der Waals surface area contributed by atoms with Crippen LogP contribution in [0.3, 0.4) is 0 Å². The average molecular weight is 614 g/mol. The molecule has 11 heteroatoms. The Bertz CT molecular complexity index is 1280. The molecule has 0 fully saturated rings. The van der Waals surface area contributed by atoms with E-state index in [1.54, 1.807) is 67.5 Å². The number of hydrogen-bond donors (Lipinski definition) is 4. The van der Waals surface area contributed by atoms with Crippen LogP contribution in [0.4, 0.5) is 4.79 Å². The third-order valence-corrected chi connectivity index (χ3v) is 6.33. The van der Waals surface area contributed by atoms with Crippen LogP contribution in [0.2, 0.25) is 0 Å². The van der Waals surface area contributed by atoms with Crippen molar-refractivity contribution in [1.29, 1.82) is 0 Å². The molecule has 0 aromatic heterocycles. The summed E-state index contributed by atoms with van der Waals surface area (Å²) in [6.45, 7) is 12.8. The van der Waals surface area contributed by atoms with Crippen LogP contribution in [0.5, 0.6) is 5.75 Å². The van der Waals surface area contributed by atoms with Crippen LogP contribution < -0.4 is 10.6 Å². The standard InChI is InChI=1S/C33H47N3O8/c1-9-18-36(29(40)25(20-37)35-31(42)44-33(6,7)8)26(23-17-13-14-21(2)27(23)38)28(39)34-24(30(41)43-32(3,4)5)19-22-15-11-10-12-16-22/h10-17,24-26,37-38H,9,18-20H2,1-8H3,(H,34,39)(H,35,42). The summed E-state index contributed by atoms with van der Waals surface area (Å²) in [7, 11) is 0. The topological polar surface area (TPSA) is 154 Å². The molecule has 2 aromatic rings. The van der Waals surface area contributed by atoms with Gasteiger partial charge in [0.2, 0.25) is 11.8 Å². The predicted molar refractivity (Wildman–Crippen MR) is 166 cm³/mol. The van der Waals surface area contributed by atoms with E-state index >= 15 is 0 Å². The minimum absolute atomic E-state index is 0.0204. The van der Waals surface area contributed by atoms with Gasteiger partial charge in [-0.15, -0.1) is 0 Å². The molecule has 2 rings (SSSR count). The molecule has 0 aliphatic rings. The number of para-hydroxylation sites is 1. The largest absolute Gasteiger partial charge is 0.507 e. The van der Waals surface area contributed by atoms with Crippen molar-refractivity contribution in [3.63, 3.8) is 0 Å². The van der Waals surface area contributed by atoms with Crippen molar-refractivity contribution < 1.29 is 38.9 Å². The van der Waals surface area contributed by atoms with E-state index in [4.69, 9.17) is 9.47 Å². The number of aliphatic hydroxyl groups is 1. The summed E-state index contributed by atoms with van der Waals surface area (Å²) in [5.74, 6) is -2.42. The zero-order valence-electron chi connectivity index (χ0n) is 27.0. The number of rotatable bonds is 12. The highest BCUT2D eigenvalue weighted by Gasteiger charge is 2.39. The van der Waals surface area contributed by atoms with Crippen LogP contribution >= 0.6 is 0 Å². The highest BCUT2D eigenvalue weighted by atomic mass is 16.6. The van der Waals surface area contributed by atoms with Crippen molar-refractivity contribution in [2.75, 3.05) is 13.2 Å². The fraction of sp³-hybridized carbons (Fsp3) is 0.515. The number of benzene rings is 2. The highest BCUT2D eigenvalue weighted by Crippen LogP contribution is 2.32. The molecule has 242 valence electrons. The summed E-state index contributed by atoms with van der Waals surface area (Å²) in [4.78, 5) is 55.2. The van der Waals surface area contributed by atoms with Crippen LogP contribution in [0.15, 0.2) is 48.5 Å². The maximum atomic E-state index is 14.2. The maximum absolute atomic E-state index is 14.2. The molecule has 44 heavy (non-hydrogen) atoms. The van der Waals surface area contributed by atoms with E-state index in [1.807, 2.05) is 30.3 Å². The molecule has 0 heterocycles. The molecular weight excluding hydrogens is 566 g/mol. The fourth-order valence-corrected chi connectivity index (χ4v) is 4.46. The first-order chi connectivity index (χ1) is 20.5. The van der Waals surface area contributed by atoms with Gasteiger partial charge in [0.05, 0.1) is 6.61 Å². The molecule has 0 saturated heterocycles. The van der Waals surface area contributed by atoms with Crippen LogP contribution in [0, 0.1) is 6.92 Å². The molecule has 0 aliphatic heterocycles. The van der Waals surface area contributed by atoms with E-state index in [2.05, 4.69) is 10.6 Å². The van der Waals surface area contributed by atoms with Gasteiger partial charge in [0, 0.05) is 18.5 Å². The van der Waals surface area contributed by atoms with Gasteiger partial charge in [0.25, 0.3) is 0 Å². The number of carbonyl (C=O) groups is 4. The second-order valence-corrected chi connectivity index (χ2v) is 12.6. The number of carbonyl (C=O) groups excluding carboxylic acids is 4. The highest BCUT2D eigenvalue weighted by molar-refractivity contribution is 5.94. The van der Waals surface area contributed by atoms with Crippen LogP contribution in [0.25, 0.3) is 0 Å². The number of amides is 3. The number of phenols is 1. The van der Waals surface area contributed by atoms with Crippen molar-refractivity contribution in [3.05, 3.63) is 65.2 Å². The molecule has 0 radical (unpaired) electrons. The minimum Gasteiger partial charge on any atom is -0.507 e. The Balaban J connectivity index is 2.58. The van der Waals surface area contributed by atoms with Crippen molar-refractivity contribution in [2.24, 2.45) is 0 Å². The zero-order chi connectivity index (χ0) is 33.2. The Labute approximate surface area is 259 Å². The van der Waals surface area contributed by atoms with Gasteiger partial charge >= 0.3 is 12.1 Å². The molecule has 0 bridgehead atoms. The average Bonchev–Trinajstić information content (AvgIpc) is 2.91. The third kappa shape index (κ3) is 10.9. The normalized spacial score (nSPS) is 13.7. The first-order valence-electron chi connectivity index (χ1n) is 14.7. The van der Waals surface area contributed by atoms with E-state index in [1.165, 1.54) is 11.0 Å². The number of phenolic OH excluding ortho intramolecular Hbond substituents is 1. The number of nitrogens with zero attached hydrogens (tertiary/aromatic N) is 1. The number of aliphatic hydroxyl groups excluding tert-OH is 1. The molecule has 2 aromatic carbocycles. The molecule has 3 unspecified atom stereocenters. The number of hydrogen-bond acceptors (Lipinski definition) is 8. The fourth-order valence-electron chi connectivity index (χ4n) is 4.46. The van der Waals surface area contributed by atoms with Gasteiger partial charge in [-0.25, -0.2) is 9.59 Å². The molecule has 3 atom stereocenters. The molecule has 3 amide bonds. The predicted octanol–water partition coefficient (Wildman–Crippen LogP) is 3.94. The summed E-state index contributed by atoms with van der Waals surface area (Å²) < 4.78 is 10.9. The minimum atomic E-state index is -1.45. The number of esters is 1. The summed E-state index contributed by atoms with van der Waals surface area (Å²) in [5, 5.41) is 26.3. The van der Waals surface area contributed by atoms with Gasteiger partial charge in [0.15, 0.2) is 0 Å². The molecule has 0 spiro atoms. The van der Waals surface area contributed by atoms with Gasteiger partial charge < -0.3 is 35.2 Å². The Morgan fingerprint density at radius 1 is 0.864 bits per heavy atom. The smallest absolute Gasteiger partial charge is 0.408 e. The van der Waals surface area contributed by atoms with Crippen molar-refractivity contribution >= 4 is 23.9 Å². The Kier molecular flexibility index (Phi) is 12.8. The number of aryl methyl sites for hydroxylation is 1. The monoisotopic (exact) mass is 613 g/mol. The number of ether oxygens (including phenoxy) is 2. The van der Waals surface area contributed by atoms with E-state index in [9.17, 15) is 29.4 Å². The lowest BCUT2D eigenvalue weighted by Gasteiger charge is -2.35. The zero-order valence-corrected chi connectivity index (χ0v) is 27.0. The number of aromatic hydroxyl groups is 1. The lowest BCUT2D eigenvalue weighted by Crippen LogP contribution is -2.56. The van der Waals surface area contributed by atoms with Gasteiger partial charge in [0.1, 0.15) is 35.1 Å². The molecular formula is C33H47N3O8. The molecule has 0 saturated carbocycles. The second kappa shape index (κ2) is 15.6. The van der Waals surface area contributed by atoms with Crippen molar-refractivity contribution in [1.82, 2.24) is 15.5 Å². The molecule has 4 N–H and O–H groups in total. The van der Waals surface area contributed by atoms with E-state index in [0.717, 1.165) is 5.56 Å². The lowest BCUT2D eigenvalue weighted by molar-refractivity contribution is -0.159. The van der Waals surface area contributed by atoms with Crippen LogP contribution in [-0.4, -0.2) is 75.4 Å². The van der Waals surface area contributed by atoms with Gasteiger partial charge in [-0.05, 0) is 66.0 Å². The molecule has 0 aliphatic carbocycles. The van der Waals surface area contributed by atoms with E-state index < -0.39 is 59.8 Å². The summed E-state index contributed by atoms with van der Waals surface area (Å²) in [6, 6.07) is 9.86. The van der Waals surface area contributed by atoms with E-state index in [-0.39, 0.29) is 24.3 Å².